The molecule has 0 aliphatic rings. The van der Waals surface area contributed by atoms with Gasteiger partial charge in [-0.05, 0) is 31.5 Å². The summed E-state index contributed by atoms with van der Waals surface area (Å²) < 4.78 is 0. The van der Waals surface area contributed by atoms with Crippen molar-refractivity contribution < 1.29 is 9.90 Å². The highest BCUT2D eigenvalue weighted by atomic mass is 35.5. The van der Waals surface area contributed by atoms with Crippen molar-refractivity contribution in [2.24, 2.45) is 5.41 Å². The van der Waals surface area contributed by atoms with Gasteiger partial charge in [0.05, 0.1) is 5.41 Å². The quantitative estimate of drug-likeness (QED) is 0.841. The molecule has 1 aromatic carbocycles. The molecule has 1 N–H and O–H groups in total. The van der Waals surface area contributed by atoms with Crippen molar-refractivity contribution in [1.82, 2.24) is 4.90 Å². The van der Waals surface area contributed by atoms with Crippen molar-refractivity contribution in [3.05, 3.63) is 29.8 Å². The summed E-state index contributed by atoms with van der Waals surface area (Å²) in [5.74, 6) is 0.538. The predicted octanol–water partition coefficient (Wildman–Crippen LogP) is 2.62. The summed E-state index contributed by atoms with van der Waals surface area (Å²) in [4.78, 5) is 13.7. The van der Waals surface area contributed by atoms with Crippen molar-refractivity contribution in [3.63, 3.8) is 0 Å². The van der Waals surface area contributed by atoms with E-state index in [0.717, 1.165) is 5.56 Å². The molecular formula is C13H18ClNO2. The van der Waals surface area contributed by atoms with Crippen molar-refractivity contribution in [2.75, 3.05) is 12.9 Å². The van der Waals surface area contributed by atoms with Crippen LogP contribution >= 0.6 is 11.6 Å². The van der Waals surface area contributed by atoms with Crippen molar-refractivity contribution >= 4 is 17.5 Å². The van der Waals surface area contributed by atoms with Gasteiger partial charge in [-0.2, -0.15) is 0 Å². The molecule has 4 heteroatoms. The standard InChI is InChI=1S/C13H18ClNO2/c1-13(2,9-14)12(17)15(3)8-10-4-6-11(16)7-5-10/h4-7,16H,8-9H2,1-3H3. The number of halogens is 1. The van der Waals surface area contributed by atoms with Gasteiger partial charge >= 0.3 is 0 Å². The van der Waals surface area contributed by atoms with E-state index in [2.05, 4.69) is 0 Å². The number of hydrogen-bond acceptors (Lipinski definition) is 2. The number of alkyl halides is 1. The molecule has 1 rings (SSSR count). The van der Waals surface area contributed by atoms with E-state index in [0.29, 0.717) is 12.4 Å². The van der Waals surface area contributed by atoms with Crippen LogP contribution in [0.2, 0.25) is 0 Å². The highest BCUT2D eigenvalue weighted by Crippen LogP contribution is 2.21. The van der Waals surface area contributed by atoms with Crippen LogP contribution in [-0.4, -0.2) is 28.8 Å². The number of amides is 1. The first-order valence-electron chi connectivity index (χ1n) is 5.46. The van der Waals surface area contributed by atoms with Gasteiger partial charge < -0.3 is 10.0 Å². The Kier molecular flexibility index (Phi) is 4.40. The monoisotopic (exact) mass is 255 g/mol. The molecular weight excluding hydrogens is 238 g/mol. The molecule has 1 aromatic rings. The van der Waals surface area contributed by atoms with Crippen LogP contribution in [0.1, 0.15) is 19.4 Å². The van der Waals surface area contributed by atoms with Gasteiger partial charge in [0.25, 0.3) is 0 Å². The smallest absolute Gasteiger partial charge is 0.229 e. The summed E-state index contributed by atoms with van der Waals surface area (Å²) in [6, 6.07) is 6.82. The molecule has 94 valence electrons. The van der Waals surface area contributed by atoms with E-state index in [1.165, 1.54) is 0 Å². The third-order valence-electron chi connectivity index (χ3n) is 2.62. The zero-order valence-electron chi connectivity index (χ0n) is 10.4. The summed E-state index contributed by atoms with van der Waals surface area (Å²) in [6.45, 7) is 4.17. The number of phenolic OH excluding ortho intramolecular Hbond substituents is 1. The van der Waals surface area contributed by atoms with Crippen molar-refractivity contribution in [2.45, 2.75) is 20.4 Å². The van der Waals surface area contributed by atoms with Gasteiger partial charge in [-0.3, -0.25) is 4.79 Å². The summed E-state index contributed by atoms with van der Waals surface area (Å²) in [7, 11) is 1.75. The Balaban J connectivity index is 2.69. The second kappa shape index (κ2) is 5.41. The molecule has 0 heterocycles. The van der Waals surface area contributed by atoms with Gasteiger partial charge in [0, 0.05) is 19.5 Å². The first-order chi connectivity index (χ1) is 7.86. The summed E-state index contributed by atoms with van der Waals surface area (Å²) in [6.07, 6.45) is 0. The Labute approximate surface area is 107 Å². The van der Waals surface area contributed by atoms with Crippen molar-refractivity contribution in [3.8, 4) is 5.75 Å². The molecule has 0 spiro atoms. The van der Waals surface area contributed by atoms with Gasteiger partial charge in [-0.1, -0.05) is 12.1 Å². The van der Waals surface area contributed by atoms with Gasteiger partial charge in [-0.15, -0.1) is 11.6 Å². The van der Waals surface area contributed by atoms with E-state index in [1.807, 2.05) is 13.8 Å². The van der Waals surface area contributed by atoms with Crippen molar-refractivity contribution in [1.29, 1.82) is 0 Å². The van der Waals surface area contributed by atoms with Gasteiger partial charge in [-0.25, -0.2) is 0 Å². The van der Waals surface area contributed by atoms with E-state index >= 15 is 0 Å². The Morgan fingerprint density at radius 2 is 1.88 bits per heavy atom. The Hall–Kier alpha value is -1.22. The van der Waals surface area contributed by atoms with Crippen LogP contribution in [0.15, 0.2) is 24.3 Å². The van der Waals surface area contributed by atoms with Gasteiger partial charge in [0.1, 0.15) is 5.75 Å². The minimum atomic E-state index is -0.548. The molecule has 17 heavy (non-hydrogen) atoms. The molecule has 1 amide bonds. The lowest BCUT2D eigenvalue weighted by molar-refractivity contribution is -0.138. The number of phenols is 1. The summed E-state index contributed by atoms with van der Waals surface area (Å²) in [5, 5.41) is 9.17. The molecule has 0 aromatic heterocycles. The number of hydrogen-bond donors (Lipinski definition) is 1. The number of rotatable bonds is 4. The maximum Gasteiger partial charge on any atom is 0.229 e. The number of benzene rings is 1. The van der Waals surface area contributed by atoms with Crippen LogP contribution in [0.4, 0.5) is 0 Å². The average Bonchev–Trinajstić information content (AvgIpc) is 2.31. The molecule has 0 aliphatic carbocycles. The third kappa shape index (κ3) is 3.63. The number of aromatic hydroxyl groups is 1. The first kappa shape index (κ1) is 13.8. The van der Waals surface area contributed by atoms with Crippen LogP contribution < -0.4 is 0 Å². The minimum Gasteiger partial charge on any atom is -0.508 e. The highest BCUT2D eigenvalue weighted by Gasteiger charge is 2.29. The second-order valence-corrected chi connectivity index (χ2v) is 5.11. The normalized spacial score (nSPS) is 11.3. The molecule has 0 saturated carbocycles. The molecule has 3 nitrogen and oxygen atoms in total. The molecule has 0 atom stereocenters. The molecule has 0 bridgehead atoms. The fraction of sp³-hybridized carbons (Fsp3) is 0.462. The number of nitrogens with zero attached hydrogens (tertiary/aromatic N) is 1. The van der Waals surface area contributed by atoms with Crippen LogP contribution in [0, 0.1) is 5.41 Å². The molecule has 0 unspecified atom stereocenters. The molecule has 0 saturated heterocycles. The van der Waals surface area contributed by atoms with E-state index < -0.39 is 5.41 Å². The Bertz CT molecular complexity index is 387. The van der Waals surface area contributed by atoms with Crippen LogP contribution in [0.3, 0.4) is 0 Å². The Morgan fingerprint density at radius 3 is 2.35 bits per heavy atom. The molecule has 0 fully saturated rings. The fourth-order valence-corrected chi connectivity index (χ4v) is 1.64. The highest BCUT2D eigenvalue weighted by molar-refractivity contribution is 6.19. The molecule has 0 radical (unpaired) electrons. The van der Waals surface area contributed by atoms with Crippen LogP contribution in [0.25, 0.3) is 0 Å². The average molecular weight is 256 g/mol. The van der Waals surface area contributed by atoms with E-state index in [-0.39, 0.29) is 11.7 Å². The van der Waals surface area contributed by atoms with Gasteiger partial charge in [0.2, 0.25) is 5.91 Å². The Morgan fingerprint density at radius 1 is 1.35 bits per heavy atom. The lowest BCUT2D eigenvalue weighted by atomic mass is 9.94. The predicted molar refractivity (Wildman–Crippen MR) is 69.1 cm³/mol. The largest absolute Gasteiger partial charge is 0.508 e. The SMILES string of the molecule is CN(Cc1ccc(O)cc1)C(=O)C(C)(C)CCl. The maximum absolute atomic E-state index is 12.1. The zero-order valence-corrected chi connectivity index (χ0v) is 11.2. The van der Waals surface area contributed by atoms with Crippen LogP contribution in [-0.2, 0) is 11.3 Å². The lowest BCUT2D eigenvalue weighted by Gasteiger charge is -2.27. The first-order valence-corrected chi connectivity index (χ1v) is 6.00. The molecule has 0 aliphatic heterocycles. The van der Waals surface area contributed by atoms with E-state index in [1.54, 1.807) is 36.2 Å². The topological polar surface area (TPSA) is 40.5 Å². The van der Waals surface area contributed by atoms with Crippen LogP contribution in [0.5, 0.6) is 5.75 Å². The minimum absolute atomic E-state index is 0.0144. The van der Waals surface area contributed by atoms with E-state index in [4.69, 9.17) is 16.7 Å². The maximum atomic E-state index is 12.1. The second-order valence-electron chi connectivity index (χ2n) is 4.85. The summed E-state index contributed by atoms with van der Waals surface area (Å²) in [5.41, 5.74) is 0.428. The lowest BCUT2D eigenvalue weighted by Crippen LogP contribution is -2.39. The third-order valence-corrected chi connectivity index (χ3v) is 3.28. The fourth-order valence-electron chi connectivity index (χ4n) is 1.52. The van der Waals surface area contributed by atoms with E-state index in [9.17, 15) is 4.79 Å². The number of carbonyl (C=O) groups excluding carboxylic acids is 1. The zero-order chi connectivity index (χ0) is 13.1. The summed E-state index contributed by atoms with van der Waals surface area (Å²) >= 11 is 5.78. The number of carbonyl (C=O) groups is 1. The van der Waals surface area contributed by atoms with Gasteiger partial charge in [0.15, 0.2) is 0 Å².